The fraction of sp³-hybridized carbons (Fsp3) is 0.0909. The van der Waals surface area contributed by atoms with E-state index in [2.05, 4.69) is 0 Å². The van der Waals surface area contributed by atoms with E-state index in [-0.39, 0.29) is 17.0 Å². The van der Waals surface area contributed by atoms with Crippen molar-refractivity contribution in [2.45, 2.75) is 5.37 Å². The molecule has 1 saturated heterocycles. The van der Waals surface area contributed by atoms with E-state index in [1.54, 1.807) is 12.1 Å². The first-order valence-electron chi connectivity index (χ1n) is 4.85. The summed E-state index contributed by atoms with van der Waals surface area (Å²) in [4.78, 5) is 23.9. The topological polar surface area (TPSA) is 70.7 Å². The standard InChI is InChI=1S/C11H7NO4S/c13-9-7(3-6-1-2-16-4-6)10-12(9)8(5-17-10)11(14)15/h1-5,10H,(H,14,15)/b7-3+/t10-/m1/s1. The zero-order valence-corrected chi connectivity index (χ0v) is 9.31. The number of amides is 1. The number of fused-ring (bicyclic) bond motifs is 1. The Balaban J connectivity index is 1.87. The van der Waals surface area contributed by atoms with Gasteiger partial charge in [0.25, 0.3) is 5.91 Å². The third-order valence-corrected chi connectivity index (χ3v) is 3.70. The van der Waals surface area contributed by atoms with Crippen molar-refractivity contribution in [1.29, 1.82) is 0 Å². The number of aliphatic carboxylic acids is 1. The van der Waals surface area contributed by atoms with Crippen molar-refractivity contribution in [1.82, 2.24) is 4.90 Å². The summed E-state index contributed by atoms with van der Waals surface area (Å²) in [5.74, 6) is -1.33. The van der Waals surface area contributed by atoms with E-state index in [4.69, 9.17) is 9.52 Å². The second-order valence-electron chi connectivity index (χ2n) is 3.63. The van der Waals surface area contributed by atoms with Crippen molar-refractivity contribution in [3.05, 3.63) is 40.8 Å². The summed E-state index contributed by atoms with van der Waals surface area (Å²) in [7, 11) is 0. The highest BCUT2D eigenvalue weighted by molar-refractivity contribution is 8.03. The number of carboxylic acids is 1. The number of carboxylic acid groups (broad SMARTS) is 1. The Morgan fingerprint density at radius 1 is 1.59 bits per heavy atom. The fourth-order valence-corrected chi connectivity index (χ4v) is 2.92. The van der Waals surface area contributed by atoms with Gasteiger partial charge in [-0.2, -0.15) is 0 Å². The Kier molecular flexibility index (Phi) is 2.12. The van der Waals surface area contributed by atoms with Gasteiger partial charge in [-0.05, 0) is 12.1 Å². The molecule has 0 aliphatic carbocycles. The summed E-state index contributed by atoms with van der Waals surface area (Å²) in [6, 6.07) is 1.74. The molecule has 6 heteroatoms. The molecular weight excluding hydrogens is 242 g/mol. The molecule has 1 fully saturated rings. The average Bonchev–Trinajstić information content (AvgIpc) is 2.93. The van der Waals surface area contributed by atoms with Gasteiger partial charge < -0.3 is 9.52 Å². The van der Waals surface area contributed by atoms with Gasteiger partial charge in [0, 0.05) is 11.0 Å². The lowest BCUT2D eigenvalue weighted by Gasteiger charge is -2.37. The second kappa shape index (κ2) is 3.53. The summed E-state index contributed by atoms with van der Waals surface area (Å²) in [6.07, 6.45) is 4.78. The van der Waals surface area contributed by atoms with Crippen LogP contribution < -0.4 is 0 Å². The lowest BCUT2D eigenvalue weighted by molar-refractivity contribution is -0.141. The summed E-state index contributed by atoms with van der Waals surface area (Å²) in [5, 5.41) is 10.2. The first kappa shape index (κ1) is 10.2. The number of hydrogen-bond donors (Lipinski definition) is 1. The summed E-state index contributed by atoms with van der Waals surface area (Å²) in [6.45, 7) is 0. The maximum absolute atomic E-state index is 11.8. The lowest BCUT2D eigenvalue weighted by Crippen LogP contribution is -2.51. The van der Waals surface area contributed by atoms with Crippen molar-refractivity contribution < 1.29 is 19.1 Å². The Bertz CT molecular complexity index is 558. The Morgan fingerprint density at radius 3 is 3.06 bits per heavy atom. The maximum atomic E-state index is 11.8. The molecule has 2 aliphatic heterocycles. The average molecular weight is 249 g/mol. The summed E-state index contributed by atoms with van der Waals surface area (Å²) < 4.78 is 4.91. The molecule has 3 rings (SSSR count). The van der Waals surface area contributed by atoms with Crippen LogP contribution in [0, 0.1) is 0 Å². The first-order valence-corrected chi connectivity index (χ1v) is 5.79. The smallest absolute Gasteiger partial charge is 0.353 e. The van der Waals surface area contributed by atoms with Gasteiger partial charge in [-0.15, -0.1) is 11.8 Å². The van der Waals surface area contributed by atoms with E-state index in [1.807, 2.05) is 0 Å². The van der Waals surface area contributed by atoms with E-state index in [0.29, 0.717) is 5.57 Å². The van der Waals surface area contributed by atoms with Crippen molar-refractivity contribution in [2.75, 3.05) is 0 Å². The van der Waals surface area contributed by atoms with Crippen LogP contribution >= 0.6 is 11.8 Å². The molecule has 1 atom stereocenters. The highest BCUT2D eigenvalue weighted by Crippen LogP contribution is 2.44. The lowest BCUT2D eigenvalue weighted by atomic mass is 10.0. The quantitative estimate of drug-likeness (QED) is 0.635. The number of carbonyl (C=O) groups excluding carboxylic acids is 1. The number of furan rings is 1. The second-order valence-corrected chi connectivity index (χ2v) is 4.58. The SMILES string of the molecule is O=C(O)C1=CS[C@@H]2/C(=C/c3ccoc3)C(=O)N12. The van der Waals surface area contributed by atoms with Gasteiger partial charge in [0.2, 0.25) is 0 Å². The van der Waals surface area contributed by atoms with Gasteiger partial charge in [-0.25, -0.2) is 4.79 Å². The largest absolute Gasteiger partial charge is 0.477 e. The van der Waals surface area contributed by atoms with Gasteiger partial charge in [-0.1, -0.05) is 0 Å². The molecule has 17 heavy (non-hydrogen) atoms. The van der Waals surface area contributed by atoms with Crippen LogP contribution in [0.5, 0.6) is 0 Å². The molecule has 2 aliphatic rings. The first-order chi connectivity index (χ1) is 8.18. The maximum Gasteiger partial charge on any atom is 0.353 e. The minimum atomic E-state index is -1.07. The number of nitrogens with zero attached hydrogens (tertiary/aromatic N) is 1. The Morgan fingerprint density at radius 2 is 2.41 bits per heavy atom. The van der Waals surface area contributed by atoms with Crippen LogP contribution in [-0.2, 0) is 9.59 Å². The van der Waals surface area contributed by atoms with Crippen LogP contribution in [-0.4, -0.2) is 27.3 Å². The van der Waals surface area contributed by atoms with Gasteiger partial charge in [0.1, 0.15) is 11.1 Å². The molecular formula is C11H7NO4S. The monoisotopic (exact) mass is 249 g/mol. The molecule has 3 heterocycles. The molecule has 0 radical (unpaired) electrons. The van der Waals surface area contributed by atoms with Gasteiger partial charge in [0.05, 0.1) is 18.1 Å². The molecule has 1 aromatic rings. The number of rotatable bonds is 2. The van der Waals surface area contributed by atoms with Crippen LogP contribution in [0.1, 0.15) is 5.56 Å². The van der Waals surface area contributed by atoms with Crippen LogP contribution in [0.4, 0.5) is 0 Å². The van der Waals surface area contributed by atoms with Crippen LogP contribution in [0.25, 0.3) is 6.08 Å². The zero-order valence-electron chi connectivity index (χ0n) is 8.49. The van der Waals surface area contributed by atoms with Crippen LogP contribution in [0.2, 0.25) is 0 Å². The Hall–Kier alpha value is -1.95. The highest BCUT2D eigenvalue weighted by Gasteiger charge is 2.49. The highest BCUT2D eigenvalue weighted by atomic mass is 32.2. The predicted octanol–water partition coefficient (Wildman–Crippen LogP) is 1.50. The van der Waals surface area contributed by atoms with E-state index < -0.39 is 5.97 Å². The molecule has 1 aromatic heterocycles. The van der Waals surface area contributed by atoms with Gasteiger partial charge in [-0.3, -0.25) is 9.69 Å². The van der Waals surface area contributed by atoms with Crippen LogP contribution in [0.15, 0.2) is 39.7 Å². The van der Waals surface area contributed by atoms with Crippen molar-refractivity contribution >= 4 is 29.7 Å². The van der Waals surface area contributed by atoms with E-state index in [0.717, 1.165) is 5.56 Å². The fourth-order valence-electron chi connectivity index (χ4n) is 1.80. The third kappa shape index (κ3) is 1.41. The molecule has 1 amide bonds. The van der Waals surface area contributed by atoms with Gasteiger partial charge >= 0.3 is 5.97 Å². The molecule has 5 nitrogen and oxygen atoms in total. The molecule has 0 spiro atoms. The zero-order chi connectivity index (χ0) is 12.0. The number of carbonyl (C=O) groups is 2. The van der Waals surface area contributed by atoms with Gasteiger partial charge in [0.15, 0.2) is 0 Å². The summed E-state index contributed by atoms with van der Waals surface area (Å²) in [5.41, 5.74) is 1.45. The minimum Gasteiger partial charge on any atom is -0.477 e. The summed E-state index contributed by atoms with van der Waals surface area (Å²) >= 11 is 1.33. The minimum absolute atomic E-state index is 0.0503. The molecule has 86 valence electrons. The number of hydrogen-bond acceptors (Lipinski definition) is 4. The van der Waals surface area contributed by atoms with Crippen LogP contribution in [0.3, 0.4) is 0 Å². The number of β-lactam (4-membered cyclic amide) rings is 1. The molecule has 1 N–H and O–H groups in total. The van der Waals surface area contributed by atoms with Crippen molar-refractivity contribution in [3.8, 4) is 0 Å². The normalized spacial score (nSPS) is 24.6. The predicted molar refractivity (Wildman–Crippen MR) is 60.6 cm³/mol. The molecule has 0 aromatic carbocycles. The number of thioether (sulfide) groups is 1. The van der Waals surface area contributed by atoms with E-state index in [1.165, 1.54) is 34.6 Å². The Labute approximate surface area is 100 Å². The van der Waals surface area contributed by atoms with Crippen molar-refractivity contribution in [3.63, 3.8) is 0 Å². The third-order valence-electron chi connectivity index (χ3n) is 2.62. The molecule has 0 bridgehead atoms. The molecule has 0 saturated carbocycles. The molecule has 0 unspecified atom stereocenters. The van der Waals surface area contributed by atoms with Crippen molar-refractivity contribution in [2.24, 2.45) is 0 Å². The van der Waals surface area contributed by atoms with E-state index in [9.17, 15) is 9.59 Å². The van der Waals surface area contributed by atoms with E-state index >= 15 is 0 Å².